The average Bonchev–Trinajstić information content (AvgIpc) is 3.23. The number of ether oxygens (including phenoxy) is 2. The summed E-state index contributed by atoms with van der Waals surface area (Å²) in [6, 6.07) is 12.4. The second-order valence-electron chi connectivity index (χ2n) is 6.38. The van der Waals surface area contributed by atoms with Crippen LogP contribution in [0.5, 0.6) is 11.5 Å². The normalized spacial score (nSPS) is 10.6. The maximum atomic E-state index is 14.4. The van der Waals surface area contributed by atoms with E-state index < -0.39 is 11.6 Å². The van der Waals surface area contributed by atoms with E-state index in [1.807, 2.05) is 29.6 Å². The Hall–Kier alpha value is -2.93. The quantitative estimate of drug-likeness (QED) is 0.505. The van der Waals surface area contributed by atoms with Gasteiger partial charge in [-0.05, 0) is 47.7 Å². The van der Waals surface area contributed by atoms with Gasteiger partial charge in [0, 0.05) is 23.4 Å². The van der Waals surface area contributed by atoms with Gasteiger partial charge in [-0.25, -0.2) is 8.78 Å². The van der Waals surface area contributed by atoms with Crippen LogP contribution < -0.4 is 14.4 Å². The van der Waals surface area contributed by atoms with Gasteiger partial charge in [0.2, 0.25) is 5.91 Å². The topological polar surface area (TPSA) is 38.8 Å². The number of amides is 1. The highest BCUT2D eigenvalue weighted by atomic mass is 32.1. The molecule has 0 saturated heterocycles. The fraction of sp³-hybridized carbons (Fsp3) is 0.227. The van der Waals surface area contributed by atoms with Gasteiger partial charge in [-0.3, -0.25) is 4.79 Å². The summed E-state index contributed by atoms with van der Waals surface area (Å²) in [5, 5.41) is 1.89. The molecule has 0 aliphatic carbocycles. The predicted octanol–water partition coefficient (Wildman–Crippen LogP) is 5.21. The zero-order chi connectivity index (χ0) is 20.8. The smallest absolute Gasteiger partial charge is 0.227 e. The fourth-order valence-corrected chi connectivity index (χ4v) is 3.66. The Balaban J connectivity index is 1.81. The molecule has 0 atom stereocenters. The van der Waals surface area contributed by atoms with E-state index in [4.69, 9.17) is 9.47 Å². The van der Waals surface area contributed by atoms with E-state index in [0.717, 1.165) is 22.6 Å². The Labute approximate surface area is 172 Å². The third kappa shape index (κ3) is 5.32. The van der Waals surface area contributed by atoms with Crippen molar-refractivity contribution in [2.24, 2.45) is 0 Å². The van der Waals surface area contributed by atoms with Gasteiger partial charge in [-0.15, -0.1) is 11.3 Å². The van der Waals surface area contributed by atoms with Gasteiger partial charge in [0.15, 0.2) is 0 Å². The summed E-state index contributed by atoms with van der Waals surface area (Å²) < 4.78 is 38.2. The van der Waals surface area contributed by atoms with Crippen LogP contribution in [0.3, 0.4) is 0 Å². The molecule has 0 aliphatic heterocycles. The highest BCUT2D eigenvalue weighted by Gasteiger charge is 2.20. The molecule has 0 unspecified atom stereocenters. The molecule has 0 spiro atoms. The molecule has 0 fully saturated rings. The molecule has 1 aromatic heterocycles. The van der Waals surface area contributed by atoms with Gasteiger partial charge in [0.1, 0.15) is 23.1 Å². The zero-order valence-corrected chi connectivity index (χ0v) is 17.0. The molecular weight excluding hydrogens is 396 g/mol. The molecule has 3 aromatic rings. The standard InChI is InChI=1S/C22H21F2NO3S/c1-27-17-10-15(11-18(13-17)28-2)5-8-22(26)25(14-19-4-3-9-29-19)21-7-6-16(23)12-20(21)24/h3-4,6-7,9-13H,5,8,14H2,1-2H3. The molecule has 0 saturated carbocycles. The molecular formula is C22H21F2NO3S. The maximum Gasteiger partial charge on any atom is 0.227 e. The summed E-state index contributed by atoms with van der Waals surface area (Å²) in [4.78, 5) is 15.3. The minimum Gasteiger partial charge on any atom is -0.497 e. The number of nitrogens with zero attached hydrogens (tertiary/aromatic N) is 1. The number of hydrogen-bond acceptors (Lipinski definition) is 4. The summed E-state index contributed by atoms with van der Waals surface area (Å²) in [6.07, 6.45) is 0.578. The van der Waals surface area contributed by atoms with Crippen LogP contribution in [0.25, 0.3) is 0 Å². The van der Waals surface area contributed by atoms with Crippen LogP contribution in [-0.2, 0) is 17.8 Å². The van der Waals surface area contributed by atoms with Gasteiger partial charge in [0.25, 0.3) is 0 Å². The number of carbonyl (C=O) groups excluding carboxylic acids is 1. The third-order valence-electron chi connectivity index (χ3n) is 4.43. The molecule has 29 heavy (non-hydrogen) atoms. The van der Waals surface area contributed by atoms with Crippen molar-refractivity contribution in [1.82, 2.24) is 0 Å². The maximum absolute atomic E-state index is 14.4. The molecule has 0 bridgehead atoms. The van der Waals surface area contributed by atoms with Crippen LogP contribution in [-0.4, -0.2) is 20.1 Å². The third-order valence-corrected chi connectivity index (χ3v) is 5.30. The van der Waals surface area contributed by atoms with E-state index in [-0.39, 0.29) is 24.6 Å². The Morgan fingerprint density at radius 2 is 1.76 bits per heavy atom. The monoisotopic (exact) mass is 417 g/mol. The largest absolute Gasteiger partial charge is 0.497 e. The molecule has 7 heteroatoms. The van der Waals surface area contributed by atoms with Crippen LogP contribution >= 0.6 is 11.3 Å². The number of carbonyl (C=O) groups is 1. The minimum absolute atomic E-state index is 0.0630. The number of halogens is 2. The number of thiophene rings is 1. The van der Waals surface area contributed by atoms with Crippen molar-refractivity contribution in [2.45, 2.75) is 19.4 Å². The van der Waals surface area contributed by atoms with Crippen molar-refractivity contribution < 1.29 is 23.0 Å². The van der Waals surface area contributed by atoms with Crippen LogP contribution in [0.1, 0.15) is 16.9 Å². The predicted molar refractivity (Wildman–Crippen MR) is 110 cm³/mol. The molecule has 3 rings (SSSR count). The number of aryl methyl sites for hydroxylation is 1. The van der Waals surface area contributed by atoms with Gasteiger partial charge >= 0.3 is 0 Å². The van der Waals surface area contributed by atoms with Gasteiger partial charge in [0.05, 0.1) is 26.5 Å². The van der Waals surface area contributed by atoms with Crippen molar-refractivity contribution in [3.8, 4) is 11.5 Å². The molecule has 0 aliphatic rings. The first-order valence-corrected chi connectivity index (χ1v) is 9.88. The Morgan fingerprint density at radius 3 is 2.34 bits per heavy atom. The first-order chi connectivity index (χ1) is 14.0. The molecule has 152 valence electrons. The minimum atomic E-state index is -0.766. The summed E-state index contributed by atoms with van der Waals surface area (Å²) >= 11 is 1.47. The molecule has 0 radical (unpaired) electrons. The lowest BCUT2D eigenvalue weighted by Crippen LogP contribution is -2.31. The van der Waals surface area contributed by atoms with Crippen molar-refractivity contribution >= 4 is 22.9 Å². The summed E-state index contributed by atoms with van der Waals surface area (Å²) in [6.45, 7) is 0.223. The van der Waals surface area contributed by atoms with E-state index in [0.29, 0.717) is 17.9 Å². The SMILES string of the molecule is COc1cc(CCC(=O)N(Cc2cccs2)c2ccc(F)cc2F)cc(OC)c1. The highest BCUT2D eigenvalue weighted by molar-refractivity contribution is 7.09. The molecule has 1 amide bonds. The summed E-state index contributed by atoms with van der Waals surface area (Å²) in [5.74, 6) is -0.444. The summed E-state index contributed by atoms with van der Waals surface area (Å²) in [5.41, 5.74) is 0.929. The Kier molecular flexibility index (Phi) is 6.82. The van der Waals surface area contributed by atoms with E-state index in [9.17, 15) is 13.6 Å². The molecule has 1 heterocycles. The van der Waals surface area contributed by atoms with Crippen LogP contribution in [0, 0.1) is 11.6 Å². The molecule has 2 aromatic carbocycles. The van der Waals surface area contributed by atoms with Crippen LogP contribution in [0.4, 0.5) is 14.5 Å². The average molecular weight is 417 g/mol. The van der Waals surface area contributed by atoms with Gasteiger partial charge in [-0.2, -0.15) is 0 Å². The van der Waals surface area contributed by atoms with Crippen molar-refractivity contribution in [3.63, 3.8) is 0 Å². The zero-order valence-electron chi connectivity index (χ0n) is 16.2. The Bertz CT molecular complexity index is 954. The van der Waals surface area contributed by atoms with Crippen molar-refractivity contribution in [1.29, 1.82) is 0 Å². The van der Waals surface area contributed by atoms with E-state index in [1.165, 1.54) is 22.3 Å². The molecule has 4 nitrogen and oxygen atoms in total. The first-order valence-electron chi connectivity index (χ1n) is 9.00. The van der Waals surface area contributed by atoms with Gasteiger partial charge < -0.3 is 14.4 Å². The first kappa shape index (κ1) is 20.8. The fourth-order valence-electron chi connectivity index (χ4n) is 2.96. The van der Waals surface area contributed by atoms with E-state index in [1.54, 1.807) is 20.3 Å². The number of hydrogen-bond donors (Lipinski definition) is 0. The van der Waals surface area contributed by atoms with Gasteiger partial charge in [-0.1, -0.05) is 6.07 Å². The van der Waals surface area contributed by atoms with Crippen molar-refractivity contribution in [3.05, 3.63) is 76.0 Å². The Morgan fingerprint density at radius 1 is 1.03 bits per heavy atom. The lowest BCUT2D eigenvalue weighted by molar-refractivity contribution is -0.118. The van der Waals surface area contributed by atoms with Crippen LogP contribution in [0.2, 0.25) is 0 Å². The second kappa shape index (κ2) is 9.52. The lowest BCUT2D eigenvalue weighted by atomic mass is 10.1. The summed E-state index contributed by atoms with van der Waals surface area (Å²) in [7, 11) is 3.12. The lowest BCUT2D eigenvalue weighted by Gasteiger charge is -2.23. The molecule has 0 N–H and O–H groups in total. The van der Waals surface area contributed by atoms with E-state index >= 15 is 0 Å². The van der Waals surface area contributed by atoms with Crippen molar-refractivity contribution in [2.75, 3.05) is 19.1 Å². The van der Waals surface area contributed by atoms with Crippen LogP contribution in [0.15, 0.2) is 53.9 Å². The number of benzene rings is 2. The number of methoxy groups -OCH3 is 2. The second-order valence-corrected chi connectivity index (χ2v) is 7.41. The highest BCUT2D eigenvalue weighted by Crippen LogP contribution is 2.26. The number of anilines is 1. The van der Waals surface area contributed by atoms with E-state index in [2.05, 4.69) is 0 Å². The number of rotatable bonds is 8.